The first-order valence-corrected chi connectivity index (χ1v) is 9.48. The summed E-state index contributed by atoms with van der Waals surface area (Å²) in [6.45, 7) is 1.91. The lowest BCUT2D eigenvalue weighted by Crippen LogP contribution is -2.12. The van der Waals surface area contributed by atoms with Crippen LogP contribution >= 0.6 is 34.8 Å². The van der Waals surface area contributed by atoms with Crippen LogP contribution in [0, 0.1) is 6.92 Å². The summed E-state index contributed by atoms with van der Waals surface area (Å²) in [6, 6.07) is 15.7. The van der Waals surface area contributed by atoms with E-state index in [-0.39, 0.29) is 5.91 Å². The Balaban J connectivity index is 1.65. The number of aromatic nitrogens is 1. The quantitative estimate of drug-likeness (QED) is 0.379. The van der Waals surface area contributed by atoms with E-state index in [9.17, 15) is 4.79 Å². The fourth-order valence-electron chi connectivity index (χ4n) is 2.79. The second kappa shape index (κ2) is 7.47. The Kier molecular flexibility index (Phi) is 5.02. The van der Waals surface area contributed by atoms with E-state index in [4.69, 9.17) is 39.2 Å². The number of carbonyl (C=O) groups excluding carboxylic acids is 1. The summed E-state index contributed by atoms with van der Waals surface area (Å²) in [6.07, 6.45) is 0. The number of hydrogen-bond donors (Lipinski definition) is 1. The van der Waals surface area contributed by atoms with E-state index >= 15 is 0 Å². The van der Waals surface area contributed by atoms with Crippen molar-refractivity contribution >= 4 is 57.5 Å². The molecule has 1 N–H and O–H groups in total. The topological polar surface area (TPSA) is 55.1 Å². The number of rotatable bonds is 3. The van der Waals surface area contributed by atoms with Crippen LogP contribution < -0.4 is 5.32 Å². The minimum Gasteiger partial charge on any atom is -0.436 e. The lowest BCUT2D eigenvalue weighted by atomic mass is 10.1. The van der Waals surface area contributed by atoms with Gasteiger partial charge in [-0.3, -0.25) is 4.79 Å². The summed E-state index contributed by atoms with van der Waals surface area (Å²) in [5.74, 6) is 0.0542. The number of fused-ring (bicyclic) bond motifs is 1. The van der Waals surface area contributed by atoms with Gasteiger partial charge in [0, 0.05) is 5.69 Å². The minimum atomic E-state index is -0.300. The van der Waals surface area contributed by atoms with E-state index in [1.807, 2.05) is 13.0 Å². The predicted octanol–water partition coefficient (Wildman–Crippen LogP) is 7.02. The first kappa shape index (κ1) is 18.8. The normalized spacial score (nSPS) is 11.0. The maximum atomic E-state index is 12.5. The van der Waals surface area contributed by atoms with Crippen LogP contribution in [0.2, 0.25) is 15.1 Å². The third-order valence-corrected chi connectivity index (χ3v) is 5.33. The summed E-state index contributed by atoms with van der Waals surface area (Å²) in [5.41, 5.74) is 3.71. The number of hydrogen-bond acceptors (Lipinski definition) is 3. The van der Waals surface area contributed by atoms with Crippen molar-refractivity contribution in [2.75, 3.05) is 5.32 Å². The summed E-state index contributed by atoms with van der Waals surface area (Å²) in [5, 5.41) is 4.02. The molecule has 0 radical (unpaired) electrons. The largest absolute Gasteiger partial charge is 0.436 e. The molecule has 4 rings (SSSR count). The molecule has 1 heterocycles. The van der Waals surface area contributed by atoms with Crippen molar-refractivity contribution in [3.05, 3.63) is 80.8 Å². The molecule has 3 aromatic carbocycles. The predicted molar refractivity (Wildman–Crippen MR) is 114 cm³/mol. The molecule has 0 atom stereocenters. The summed E-state index contributed by atoms with van der Waals surface area (Å²) < 4.78 is 5.78. The van der Waals surface area contributed by atoms with E-state index < -0.39 is 0 Å². The molecule has 1 aromatic heterocycles. The number of carbonyl (C=O) groups is 1. The second-order valence-electron chi connectivity index (χ2n) is 6.24. The molecule has 0 spiro atoms. The van der Waals surface area contributed by atoms with Gasteiger partial charge in [-0.15, -0.1) is 0 Å². The average Bonchev–Trinajstić information content (AvgIpc) is 3.07. The number of nitrogens with zero attached hydrogens (tertiary/aromatic N) is 1. The molecular weight excluding hydrogens is 419 g/mol. The summed E-state index contributed by atoms with van der Waals surface area (Å²) in [4.78, 5) is 17.0. The fraction of sp³-hybridized carbons (Fsp3) is 0.0476. The Labute approximate surface area is 176 Å². The zero-order valence-corrected chi connectivity index (χ0v) is 16.9. The lowest BCUT2D eigenvalue weighted by molar-refractivity contribution is 0.102. The van der Waals surface area contributed by atoms with E-state index in [2.05, 4.69) is 10.3 Å². The highest BCUT2D eigenvalue weighted by Gasteiger charge is 2.15. The van der Waals surface area contributed by atoms with Crippen LogP contribution in [-0.2, 0) is 0 Å². The third-order valence-electron chi connectivity index (χ3n) is 4.20. The highest BCUT2D eigenvalue weighted by atomic mass is 35.5. The summed E-state index contributed by atoms with van der Waals surface area (Å²) >= 11 is 18.5. The molecule has 140 valence electrons. The molecule has 0 saturated carbocycles. The van der Waals surface area contributed by atoms with Crippen molar-refractivity contribution in [2.45, 2.75) is 6.92 Å². The van der Waals surface area contributed by atoms with Crippen LogP contribution in [0.25, 0.3) is 22.6 Å². The van der Waals surface area contributed by atoms with Gasteiger partial charge in [-0.2, -0.15) is 0 Å². The van der Waals surface area contributed by atoms with Crippen molar-refractivity contribution < 1.29 is 9.21 Å². The van der Waals surface area contributed by atoms with Crippen LogP contribution in [0.3, 0.4) is 0 Å². The van der Waals surface area contributed by atoms with Crippen LogP contribution in [0.1, 0.15) is 15.9 Å². The molecule has 1 amide bonds. The van der Waals surface area contributed by atoms with E-state index in [0.29, 0.717) is 48.9 Å². The Morgan fingerprint density at radius 1 is 1.00 bits per heavy atom. The number of oxazole rings is 1. The first-order chi connectivity index (χ1) is 13.4. The molecule has 4 aromatic rings. The van der Waals surface area contributed by atoms with Crippen LogP contribution in [0.15, 0.2) is 59.0 Å². The molecule has 7 heteroatoms. The number of anilines is 1. The molecule has 0 saturated heterocycles. The Hall–Kier alpha value is -2.53. The smallest absolute Gasteiger partial charge is 0.257 e. The van der Waals surface area contributed by atoms with Crippen LogP contribution in [0.5, 0.6) is 0 Å². The molecule has 0 aliphatic carbocycles. The van der Waals surface area contributed by atoms with Gasteiger partial charge in [-0.05, 0) is 55.0 Å². The SMILES string of the molecule is Cc1ccc(C(=O)Nc2ccc3oc(-c4cccc(Cl)c4Cl)nc3c2)c(Cl)c1. The number of benzene rings is 3. The van der Waals surface area contributed by atoms with Crippen molar-refractivity contribution in [1.82, 2.24) is 4.98 Å². The van der Waals surface area contributed by atoms with E-state index in [1.165, 1.54) is 0 Å². The highest BCUT2D eigenvalue weighted by Crippen LogP contribution is 2.35. The van der Waals surface area contributed by atoms with Gasteiger partial charge in [0.15, 0.2) is 5.58 Å². The van der Waals surface area contributed by atoms with Gasteiger partial charge < -0.3 is 9.73 Å². The number of halogens is 3. The van der Waals surface area contributed by atoms with Crippen LogP contribution in [-0.4, -0.2) is 10.9 Å². The highest BCUT2D eigenvalue weighted by molar-refractivity contribution is 6.43. The van der Waals surface area contributed by atoms with Gasteiger partial charge in [-0.25, -0.2) is 4.98 Å². The maximum absolute atomic E-state index is 12.5. The second-order valence-corrected chi connectivity index (χ2v) is 7.43. The average molecular weight is 432 g/mol. The summed E-state index contributed by atoms with van der Waals surface area (Å²) in [7, 11) is 0. The molecular formula is C21H13Cl3N2O2. The van der Waals surface area contributed by atoms with Crippen molar-refractivity contribution in [3.8, 4) is 11.5 Å². The fourth-order valence-corrected chi connectivity index (χ4v) is 3.49. The van der Waals surface area contributed by atoms with Crippen molar-refractivity contribution in [1.29, 1.82) is 0 Å². The van der Waals surface area contributed by atoms with Crippen molar-refractivity contribution in [3.63, 3.8) is 0 Å². The van der Waals surface area contributed by atoms with Crippen molar-refractivity contribution in [2.24, 2.45) is 0 Å². The molecule has 4 nitrogen and oxygen atoms in total. The van der Waals surface area contributed by atoms with Gasteiger partial charge in [-0.1, -0.05) is 46.9 Å². The number of nitrogens with one attached hydrogen (secondary N) is 1. The minimum absolute atomic E-state index is 0.300. The molecule has 28 heavy (non-hydrogen) atoms. The maximum Gasteiger partial charge on any atom is 0.257 e. The standard InChI is InChI=1S/C21H13Cl3N2O2/c1-11-5-7-13(16(23)9-11)20(27)25-12-6-8-18-17(10-12)26-21(28-18)14-3-2-4-15(22)19(14)24/h2-10H,1H3,(H,25,27). The Morgan fingerprint density at radius 2 is 1.82 bits per heavy atom. The Bertz CT molecular complexity index is 1220. The van der Waals surface area contributed by atoms with Gasteiger partial charge in [0.1, 0.15) is 5.52 Å². The zero-order valence-electron chi connectivity index (χ0n) is 14.6. The van der Waals surface area contributed by atoms with E-state index in [0.717, 1.165) is 5.56 Å². The molecule has 0 unspecified atom stereocenters. The number of amides is 1. The first-order valence-electron chi connectivity index (χ1n) is 8.35. The lowest BCUT2D eigenvalue weighted by Gasteiger charge is -2.07. The van der Waals surface area contributed by atoms with Gasteiger partial charge in [0.25, 0.3) is 5.91 Å². The van der Waals surface area contributed by atoms with Crippen LogP contribution in [0.4, 0.5) is 5.69 Å². The monoisotopic (exact) mass is 430 g/mol. The van der Waals surface area contributed by atoms with Gasteiger partial charge in [0.05, 0.1) is 26.2 Å². The third kappa shape index (κ3) is 3.59. The molecule has 0 aliphatic rings. The zero-order chi connectivity index (χ0) is 19.8. The van der Waals surface area contributed by atoms with Gasteiger partial charge >= 0.3 is 0 Å². The molecule has 0 bridgehead atoms. The van der Waals surface area contributed by atoms with Gasteiger partial charge in [0.2, 0.25) is 5.89 Å². The molecule has 0 aliphatic heterocycles. The molecule has 0 fully saturated rings. The van der Waals surface area contributed by atoms with E-state index in [1.54, 1.807) is 48.5 Å². The number of aryl methyl sites for hydroxylation is 1. The Morgan fingerprint density at radius 3 is 2.61 bits per heavy atom.